The molecular formula is C16H25N. The highest BCUT2D eigenvalue weighted by molar-refractivity contribution is 5.28. The fourth-order valence-corrected chi connectivity index (χ4v) is 2.63. The van der Waals surface area contributed by atoms with Crippen molar-refractivity contribution >= 4 is 0 Å². The summed E-state index contributed by atoms with van der Waals surface area (Å²) in [6.45, 7) is 4.57. The van der Waals surface area contributed by atoms with Gasteiger partial charge in [0.05, 0.1) is 0 Å². The highest BCUT2D eigenvalue weighted by Gasteiger charge is 2.19. The van der Waals surface area contributed by atoms with Crippen LogP contribution in [-0.2, 0) is 0 Å². The molecule has 0 spiro atoms. The van der Waals surface area contributed by atoms with Crippen molar-refractivity contribution in [3.8, 4) is 0 Å². The predicted octanol–water partition coefficient (Wildman–Crippen LogP) is 4.26. The molecule has 0 saturated heterocycles. The Kier molecular flexibility index (Phi) is 4.22. The zero-order chi connectivity index (χ0) is 12.3. The molecule has 0 amide bonds. The third kappa shape index (κ3) is 3.10. The Morgan fingerprint density at radius 1 is 1.18 bits per heavy atom. The Labute approximate surface area is 106 Å². The highest BCUT2D eigenvalue weighted by Crippen LogP contribution is 2.36. The summed E-state index contributed by atoms with van der Waals surface area (Å²) >= 11 is 0. The van der Waals surface area contributed by atoms with Crippen LogP contribution in [-0.4, -0.2) is 7.05 Å². The van der Waals surface area contributed by atoms with E-state index in [0.29, 0.717) is 6.04 Å². The highest BCUT2D eigenvalue weighted by atomic mass is 14.9. The van der Waals surface area contributed by atoms with Crippen molar-refractivity contribution in [1.82, 2.24) is 5.32 Å². The van der Waals surface area contributed by atoms with E-state index in [2.05, 4.69) is 50.5 Å². The molecule has 2 rings (SSSR count). The summed E-state index contributed by atoms with van der Waals surface area (Å²) in [6.07, 6.45) is 5.40. The lowest BCUT2D eigenvalue weighted by Gasteiger charge is -2.26. The summed E-state index contributed by atoms with van der Waals surface area (Å²) in [5, 5.41) is 3.43. The molecule has 1 aliphatic carbocycles. The Bertz CT molecular complexity index is 335. The van der Waals surface area contributed by atoms with Crippen LogP contribution >= 0.6 is 0 Å². The van der Waals surface area contributed by atoms with Crippen molar-refractivity contribution in [2.24, 2.45) is 5.92 Å². The van der Waals surface area contributed by atoms with Crippen LogP contribution in [0, 0.1) is 5.92 Å². The van der Waals surface area contributed by atoms with Gasteiger partial charge in [0, 0.05) is 6.04 Å². The SMILES string of the molecule is CNC(CC(C)C)c1ccc(C2CCC2)cc1. The molecule has 1 unspecified atom stereocenters. The van der Waals surface area contributed by atoms with Gasteiger partial charge in [-0.05, 0) is 49.3 Å². The maximum absolute atomic E-state index is 3.43. The van der Waals surface area contributed by atoms with Gasteiger partial charge in [0.25, 0.3) is 0 Å². The molecule has 1 N–H and O–H groups in total. The first-order chi connectivity index (χ1) is 8.20. The molecule has 94 valence electrons. The average molecular weight is 231 g/mol. The largest absolute Gasteiger partial charge is 0.313 e. The first-order valence-corrected chi connectivity index (χ1v) is 6.98. The van der Waals surface area contributed by atoms with E-state index in [4.69, 9.17) is 0 Å². The monoisotopic (exact) mass is 231 g/mol. The summed E-state index contributed by atoms with van der Waals surface area (Å²) < 4.78 is 0. The number of nitrogens with one attached hydrogen (secondary N) is 1. The minimum absolute atomic E-state index is 0.505. The Balaban J connectivity index is 2.04. The second kappa shape index (κ2) is 5.68. The van der Waals surface area contributed by atoms with E-state index in [1.165, 1.54) is 31.2 Å². The van der Waals surface area contributed by atoms with Gasteiger partial charge in [-0.2, -0.15) is 0 Å². The first kappa shape index (κ1) is 12.6. The molecule has 0 radical (unpaired) electrons. The molecule has 1 heteroatoms. The quantitative estimate of drug-likeness (QED) is 0.798. The van der Waals surface area contributed by atoms with Crippen LogP contribution in [0.2, 0.25) is 0 Å². The lowest BCUT2D eigenvalue weighted by Crippen LogP contribution is -2.18. The van der Waals surface area contributed by atoms with Crippen molar-refractivity contribution in [3.63, 3.8) is 0 Å². The van der Waals surface area contributed by atoms with Gasteiger partial charge in [-0.3, -0.25) is 0 Å². The molecule has 1 saturated carbocycles. The molecule has 0 aromatic heterocycles. The van der Waals surface area contributed by atoms with Gasteiger partial charge >= 0.3 is 0 Å². The number of hydrogen-bond donors (Lipinski definition) is 1. The van der Waals surface area contributed by atoms with E-state index >= 15 is 0 Å². The maximum atomic E-state index is 3.43. The topological polar surface area (TPSA) is 12.0 Å². The van der Waals surface area contributed by atoms with Crippen molar-refractivity contribution in [2.75, 3.05) is 7.05 Å². The molecule has 1 aromatic rings. The van der Waals surface area contributed by atoms with Gasteiger partial charge in [0.2, 0.25) is 0 Å². The molecule has 1 atom stereocenters. The third-order valence-corrected chi connectivity index (χ3v) is 3.97. The molecule has 0 aliphatic heterocycles. The van der Waals surface area contributed by atoms with Gasteiger partial charge in [0.1, 0.15) is 0 Å². The molecule has 1 aromatic carbocycles. The fraction of sp³-hybridized carbons (Fsp3) is 0.625. The molecule has 1 fully saturated rings. The van der Waals surface area contributed by atoms with Crippen LogP contribution in [0.5, 0.6) is 0 Å². The molecule has 0 bridgehead atoms. The molecule has 0 heterocycles. The minimum atomic E-state index is 0.505. The van der Waals surface area contributed by atoms with Gasteiger partial charge in [0.15, 0.2) is 0 Å². The zero-order valence-electron chi connectivity index (χ0n) is 11.4. The lowest BCUT2D eigenvalue weighted by molar-refractivity contribution is 0.419. The first-order valence-electron chi connectivity index (χ1n) is 6.98. The second-order valence-electron chi connectivity index (χ2n) is 5.77. The van der Waals surface area contributed by atoms with E-state index in [1.807, 2.05) is 0 Å². The maximum Gasteiger partial charge on any atom is 0.0319 e. The normalized spacial score (nSPS) is 18.1. The van der Waals surface area contributed by atoms with Crippen molar-refractivity contribution in [2.45, 2.75) is 51.5 Å². The van der Waals surface area contributed by atoms with Crippen LogP contribution < -0.4 is 5.32 Å². The van der Waals surface area contributed by atoms with Crippen LogP contribution in [0.3, 0.4) is 0 Å². The molecule has 1 aliphatic rings. The van der Waals surface area contributed by atoms with Crippen LogP contribution in [0.15, 0.2) is 24.3 Å². The summed E-state index contributed by atoms with van der Waals surface area (Å²) in [5.41, 5.74) is 2.98. The second-order valence-corrected chi connectivity index (χ2v) is 5.77. The van der Waals surface area contributed by atoms with Crippen molar-refractivity contribution < 1.29 is 0 Å². The van der Waals surface area contributed by atoms with Gasteiger partial charge in [-0.15, -0.1) is 0 Å². The summed E-state index contributed by atoms with van der Waals surface area (Å²) in [6, 6.07) is 9.81. The van der Waals surface area contributed by atoms with Gasteiger partial charge < -0.3 is 5.32 Å². The Morgan fingerprint density at radius 3 is 2.24 bits per heavy atom. The number of rotatable bonds is 5. The van der Waals surface area contributed by atoms with Crippen molar-refractivity contribution in [3.05, 3.63) is 35.4 Å². The summed E-state index contributed by atoms with van der Waals surface area (Å²) in [7, 11) is 2.06. The molecular weight excluding hydrogens is 206 g/mol. The van der Waals surface area contributed by atoms with Crippen LogP contribution in [0.4, 0.5) is 0 Å². The molecule has 1 nitrogen and oxygen atoms in total. The smallest absolute Gasteiger partial charge is 0.0319 e. The fourth-order valence-electron chi connectivity index (χ4n) is 2.63. The van der Waals surface area contributed by atoms with Gasteiger partial charge in [-0.1, -0.05) is 44.5 Å². The Morgan fingerprint density at radius 2 is 1.82 bits per heavy atom. The number of benzene rings is 1. The standard InChI is InChI=1S/C16H25N/c1-12(2)11-16(17-3)15-9-7-14(8-10-15)13-5-4-6-13/h7-10,12-13,16-17H,4-6,11H2,1-3H3. The van der Waals surface area contributed by atoms with Gasteiger partial charge in [-0.25, -0.2) is 0 Å². The van der Waals surface area contributed by atoms with E-state index < -0.39 is 0 Å². The van der Waals surface area contributed by atoms with Crippen LogP contribution in [0.25, 0.3) is 0 Å². The third-order valence-electron chi connectivity index (χ3n) is 3.97. The Hall–Kier alpha value is -0.820. The number of hydrogen-bond acceptors (Lipinski definition) is 1. The lowest BCUT2D eigenvalue weighted by atomic mass is 9.79. The van der Waals surface area contributed by atoms with Crippen molar-refractivity contribution in [1.29, 1.82) is 0 Å². The molecule has 17 heavy (non-hydrogen) atoms. The summed E-state index contributed by atoms with van der Waals surface area (Å²) in [4.78, 5) is 0. The van der Waals surface area contributed by atoms with Crippen LogP contribution in [0.1, 0.15) is 62.6 Å². The zero-order valence-corrected chi connectivity index (χ0v) is 11.4. The minimum Gasteiger partial charge on any atom is -0.313 e. The van der Waals surface area contributed by atoms with E-state index in [9.17, 15) is 0 Å². The average Bonchev–Trinajstić information content (AvgIpc) is 2.24. The van der Waals surface area contributed by atoms with E-state index in [0.717, 1.165) is 11.8 Å². The van der Waals surface area contributed by atoms with E-state index in [-0.39, 0.29) is 0 Å². The summed E-state index contributed by atoms with van der Waals surface area (Å²) in [5.74, 6) is 1.58. The van der Waals surface area contributed by atoms with E-state index in [1.54, 1.807) is 5.56 Å². The predicted molar refractivity (Wildman–Crippen MR) is 74.3 cm³/mol.